The van der Waals surface area contributed by atoms with Gasteiger partial charge in [0.05, 0.1) is 0 Å². The lowest BCUT2D eigenvalue weighted by Crippen LogP contribution is -2.34. The highest BCUT2D eigenvalue weighted by atomic mass is 79.9. The molecule has 0 unspecified atom stereocenters. The van der Waals surface area contributed by atoms with Crippen LogP contribution in [0.2, 0.25) is 0 Å². The van der Waals surface area contributed by atoms with E-state index in [1.165, 1.54) is 16.5 Å². The van der Waals surface area contributed by atoms with E-state index in [1.54, 1.807) is 0 Å². The average Bonchev–Trinajstić information content (AvgIpc) is 1.83. The predicted octanol–water partition coefficient (Wildman–Crippen LogP) is 2.48. The Labute approximate surface area is 74.9 Å². The van der Waals surface area contributed by atoms with Crippen molar-refractivity contribution in [2.75, 3.05) is 6.54 Å². The van der Waals surface area contributed by atoms with Gasteiger partial charge in [0.1, 0.15) is 0 Å². The van der Waals surface area contributed by atoms with E-state index >= 15 is 0 Å². The van der Waals surface area contributed by atoms with E-state index in [0.717, 1.165) is 6.54 Å². The lowest BCUT2D eigenvalue weighted by atomic mass is 9.98. The van der Waals surface area contributed by atoms with Crippen molar-refractivity contribution in [3.63, 3.8) is 0 Å². The zero-order valence-electron chi connectivity index (χ0n) is 6.18. The first-order valence-corrected chi connectivity index (χ1v) is 4.64. The monoisotopic (exact) mass is 211 g/mol. The number of benzene rings is 1. The van der Waals surface area contributed by atoms with Crippen molar-refractivity contribution in [2.24, 2.45) is 0 Å². The molecule has 1 N–H and O–H groups in total. The summed E-state index contributed by atoms with van der Waals surface area (Å²) in [4.78, 5) is 0. The summed E-state index contributed by atoms with van der Waals surface area (Å²) >= 11 is 3.46. The Morgan fingerprint density at radius 1 is 1.45 bits per heavy atom. The van der Waals surface area contributed by atoms with Crippen LogP contribution in [0.3, 0.4) is 0 Å². The molecule has 11 heavy (non-hydrogen) atoms. The maximum Gasteiger partial charge on any atom is 0.0332 e. The maximum absolute atomic E-state index is 3.46. The van der Waals surface area contributed by atoms with Crippen LogP contribution in [0.25, 0.3) is 0 Å². The second kappa shape index (κ2) is 2.95. The lowest BCUT2D eigenvalue weighted by Gasteiger charge is -2.28. The first-order valence-electron chi connectivity index (χ1n) is 3.85. The second-order valence-corrected chi connectivity index (χ2v) is 3.77. The molecule has 0 aromatic heterocycles. The van der Waals surface area contributed by atoms with Crippen LogP contribution in [0.1, 0.15) is 18.0 Å². The van der Waals surface area contributed by atoms with E-state index in [1.807, 2.05) is 0 Å². The van der Waals surface area contributed by atoms with Crippen LogP contribution < -0.4 is 5.32 Å². The first-order chi connectivity index (χ1) is 5.36. The molecule has 1 nitrogen and oxygen atoms in total. The van der Waals surface area contributed by atoms with Crippen molar-refractivity contribution >= 4 is 15.9 Å². The largest absolute Gasteiger partial charge is 0.310 e. The minimum absolute atomic E-state index is 0.604. The van der Waals surface area contributed by atoms with Crippen LogP contribution in [0.4, 0.5) is 0 Å². The molecule has 0 radical (unpaired) electrons. The highest BCUT2D eigenvalue weighted by Gasteiger charge is 2.17. The van der Waals surface area contributed by atoms with E-state index in [0.29, 0.717) is 6.04 Å². The summed E-state index contributed by atoms with van der Waals surface area (Å²) < 4.78 is 1.17. The quantitative estimate of drug-likeness (QED) is 0.753. The molecule has 1 saturated heterocycles. The zero-order valence-corrected chi connectivity index (χ0v) is 7.76. The smallest absolute Gasteiger partial charge is 0.0332 e. The second-order valence-electron chi connectivity index (χ2n) is 2.85. The molecule has 1 aromatic rings. The number of hydrogen-bond donors (Lipinski definition) is 1. The number of hydrogen-bond acceptors (Lipinski definition) is 1. The molecule has 1 fully saturated rings. The Hall–Kier alpha value is -0.340. The van der Waals surface area contributed by atoms with Gasteiger partial charge in [-0.3, -0.25) is 0 Å². The molecule has 58 valence electrons. The summed E-state index contributed by atoms with van der Waals surface area (Å²) in [5, 5.41) is 3.37. The van der Waals surface area contributed by atoms with Crippen LogP contribution in [0, 0.1) is 0 Å². The molecule has 0 amide bonds. The Bertz CT molecular complexity index is 255. The molecule has 1 aliphatic rings. The third-order valence-electron chi connectivity index (χ3n) is 2.07. The van der Waals surface area contributed by atoms with Gasteiger partial charge in [-0.2, -0.15) is 0 Å². The molecule has 0 saturated carbocycles. The zero-order chi connectivity index (χ0) is 7.68. The van der Waals surface area contributed by atoms with Gasteiger partial charge in [-0.1, -0.05) is 28.1 Å². The van der Waals surface area contributed by atoms with E-state index in [2.05, 4.69) is 45.5 Å². The van der Waals surface area contributed by atoms with E-state index in [4.69, 9.17) is 0 Å². The number of halogens is 1. The molecule has 0 aliphatic carbocycles. The van der Waals surface area contributed by atoms with Crippen LogP contribution in [0.15, 0.2) is 28.7 Å². The summed E-state index contributed by atoms with van der Waals surface area (Å²) in [6, 6.07) is 9.09. The summed E-state index contributed by atoms with van der Waals surface area (Å²) in [6.45, 7) is 1.16. The molecule has 2 heteroatoms. The fourth-order valence-corrected chi connectivity index (χ4v) is 1.71. The van der Waals surface area contributed by atoms with E-state index < -0.39 is 0 Å². The molecule has 1 aliphatic heterocycles. The topological polar surface area (TPSA) is 12.0 Å². The van der Waals surface area contributed by atoms with Gasteiger partial charge in [0.15, 0.2) is 0 Å². The van der Waals surface area contributed by atoms with Crippen LogP contribution >= 0.6 is 15.9 Å². The van der Waals surface area contributed by atoms with E-state index in [9.17, 15) is 0 Å². The number of rotatable bonds is 1. The molecule has 0 spiro atoms. The fraction of sp³-hybridized carbons (Fsp3) is 0.333. The molecule has 1 heterocycles. The SMILES string of the molecule is Brc1cccc([C@@H]2CCN2)c1. The van der Waals surface area contributed by atoms with Crippen molar-refractivity contribution in [1.29, 1.82) is 0 Å². The molecular formula is C9H10BrN. The molecule has 1 atom stereocenters. The Kier molecular flexibility index (Phi) is 1.96. The molecule has 2 rings (SSSR count). The summed E-state index contributed by atoms with van der Waals surface area (Å²) in [5.41, 5.74) is 1.39. The standard InChI is InChI=1S/C9H10BrN/c10-8-3-1-2-7(6-8)9-4-5-11-9/h1-3,6,9,11H,4-5H2/t9-/m0/s1. The van der Waals surface area contributed by atoms with Gasteiger partial charge in [0.2, 0.25) is 0 Å². The van der Waals surface area contributed by atoms with Gasteiger partial charge in [0.25, 0.3) is 0 Å². The van der Waals surface area contributed by atoms with Crippen LogP contribution in [0.5, 0.6) is 0 Å². The Morgan fingerprint density at radius 3 is 2.82 bits per heavy atom. The third kappa shape index (κ3) is 1.47. The van der Waals surface area contributed by atoms with Crippen LogP contribution in [-0.4, -0.2) is 6.54 Å². The highest BCUT2D eigenvalue weighted by Crippen LogP contribution is 2.24. The fourth-order valence-electron chi connectivity index (χ4n) is 1.30. The summed E-state index contributed by atoms with van der Waals surface area (Å²) in [6.07, 6.45) is 1.27. The minimum Gasteiger partial charge on any atom is -0.310 e. The van der Waals surface area contributed by atoms with Gasteiger partial charge in [0, 0.05) is 10.5 Å². The van der Waals surface area contributed by atoms with Crippen LogP contribution in [-0.2, 0) is 0 Å². The Morgan fingerprint density at radius 2 is 2.27 bits per heavy atom. The minimum atomic E-state index is 0.604. The summed E-state index contributed by atoms with van der Waals surface area (Å²) in [7, 11) is 0. The Balaban J connectivity index is 2.23. The number of nitrogens with one attached hydrogen (secondary N) is 1. The molecular weight excluding hydrogens is 202 g/mol. The van der Waals surface area contributed by atoms with Gasteiger partial charge < -0.3 is 5.32 Å². The van der Waals surface area contributed by atoms with Crippen molar-refractivity contribution in [1.82, 2.24) is 5.32 Å². The van der Waals surface area contributed by atoms with Crippen molar-refractivity contribution in [3.8, 4) is 0 Å². The maximum atomic E-state index is 3.46. The normalized spacial score (nSPS) is 22.8. The van der Waals surface area contributed by atoms with Gasteiger partial charge >= 0.3 is 0 Å². The molecule has 0 bridgehead atoms. The van der Waals surface area contributed by atoms with Gasteiger partial charge in [-0.15, -0.1) is 0 Å². The third-order valence-corrected chi connectivity index (χ3v) is 2.57. The van der Waals surface area contributed by atoms with Gasteiger partial charge in [-0.05, 0) is 30.7 Å². The van der Waals surface area contributed by atoms with Gasteiger partial charge in [-0.25, -0.2) is 0 Å². The lowest BCUT2D eigenvalue weighted by molar-refractivity contribution is 0.383. The van der Waals surface area contributed by atoms with Crippen molar-refractivity contribution in [2.45, 2.75) is 12.5 Å². The van der Waals surface area contributed by atoms with E-state index in [-0.39, 0.29) is 0 Å². The average molecular weight is 212 g/mol. The highest BCUT2D eigenvalue weighted by molar-refractivity contribution is 9.10. The van der Waals surface area contributed by atoms with Crippen molar-refractivity contribution in [3.05, 3.63) is 34.3 Å². The first kappa shape index (κ1) is 7.32. The predicted molar refractivity (Wildman–Crippen MR) is 49.5 cm³/mol. The summed E-state index contributed by atoms with van der Waals surface area (Å²) in [5.74, 6) is 0. The molecule has 1 aromatic carbocycles. The van der Waals surface area contributed by atoms with Crippen molar-refractivity contribution < 1.29 is 0 Å².